The predicted molar refractivity (Wildman–Crippen MR) is 90.7 cm³/mol. The number of aryl methyl sites for hydroxylation is 2. The fraction of sp³-hybridized carbons (Fsp3) is 0.750. The zero-order chi connectivity index (χ0) is 17.0. The second-order valence-electron chi connectivity index (χ2n) is 7.08. The van der Waals surface area contributed by atoms with Gasteiger partial charge in [-0.1, -0.05) is 20.8 Å². The maximum atomic E-state index is 11.7. The Balaban J connectivity index is 2.51. The molecule has 0 aliphatic carbocycles. The molecule has 22 heavy (non-hydrogen) atoms. The standard InChI is InChI=1S/C16H30N2O3Si/c1-8-20-15(19)14-12-13(2)18(17-14)10-9-11-21-22(6,7)16(3,4)5/h12H,8-11H2,1-7H3. The third kappa shape index (κ3) is 4.95. The van der Waals surface area contributed by atoms with Crippen molar-refractivity contribution >= 4 is 14.3 Å². The summed E-state index contributed by atoms with van der Waals surface area (Å²) in [7, 11) is -1.68. The molecule has 1 rings (SSSR count). The lowest BCUT2D eigenvalue weighted by atomic mass is 10.2. The lowest BCUT2D eigenvalue weighted by Crippen LogP contribution is -2.41. The van der Waals surface area contributed by atoms with Crippen LogP contribution in [0.3, 0.4) is 0 Å². The van der Waals surface area contributed by atoms with Gasteiger partial charge in [0.2, 0.25) is 0 Å². The second kappa shape index (κ2) is 7.42. The van der Waals surface area contributed by atoms with Crippen molar-refractivity contribution in [3.8, 4) is 0 Å². The third-order valence-corrected chi connectivity index (χ3v) is 8.79. The van der Waals surface area contributed by atoms with Gasteiger partial charge in [-0.05, 0) is 44.5 Å². The van der Waals surface area contributed by atoms with Crippen molar-refractivity contribution in [2.45, 2.75) is 65.7 Å². The van der Waals surface area contributed by atoms with Crippen LogP contribution in [0, 0.1) is 6.92 Å². The summed E-state index contributed by atoms with van der Waals surface area (Å²) in [5.74, 6) is -0.359. The fourth-order valence-corrected chi connectivity index (χ4v) is 2.89. The molecule has 0 fully saturated rings. The maximum Gasteiger partial charge on any atom is 0.358 e. The first-order chi connectivity index (χ1) is 10.1. The molecule has 0 aliphatic rings. The minimum atomic E-state index is -1.68. The van der Waals surface area contributed by atoms with Crippen molar-refractivity contribution in [3.05, 3.63) is 17.5 Å². The van der Waals surface area contributed by atoms with Crippen LogP contribution in [-0.2, 0) is 15.7 Å². The van der Waals surface area contributed by atoms with Gasteiger partial charge in [0.25, 0.3) is 0 Å². The number of hydrogen-bond acceptors (Lipinski definition) is 4. The average molecular weight is 327 g/mol. The van der Waals surface area contributed by atoms with Crippen LogP contribution < -0.4 is 0 Å². The largest absolute Gasteiger partial charge is 0.461 e. The molecule has 0 bridgehead atoms. The minimum absolute atomic E-state index is 0.228. The van der Waals surface area contributed by atoms with E-state index >= 15 is 0 Å². The zero-order valence-electron chi connectivity index (χ0n) is 15.0. The predicted octanol–water partition coefficient (Wildman–Crippen LogP) is 3.78. The summed E-state index contributed by atoms with van der Waals surface area (Å²) in [5, 5.41) is 4.54. The number of carbonyl (C=O) groups excluding carboxylic acids is 1. The smallest absolute Gasteiger partial charge is 0.358 e. The summed E-state index contributed by atoms with van der Waals surface area (Å²) < 4.78 is 13.0. The molecule has 126 valence electrons. The van der Waals surface area contributed by atoms with E-state index < -0.39 is 8.32 Å². The van der Waals surface area contributed by atoms with E-state index in [2.05, 4.69) is 39.0 Å². The molecule has 0 N–H and O–H groups in total. The number of rotatable bonds is 7. The van der Waals surface area contributed by atoms with Crippen LogP contribution in [0.2, 0.25) is 18.1 Å². The summed E-state index contributed by atoms with van der Waals surface area (Å²) in [5.41, 5.74) is 1.35. The van der Waals surface area contributed by atoms with E-state index in [1.807, 2.05) is 11.6 Å². The van der Waals surface area contributed by atoms with Gasteiger partial charge in [0.05, 0.1) is 6.61 Å². The van der Waals surface area contributed by atoms with Crippen LogP contribution in [0.25, 0.3) is 0 Å². The summed E-state index contributed by atoms with van der Waals surface area (Å²) in [6.45, 7) is 16.8. The Morgan fingerprint density at radius 3 is 2.55 bits per heavy atom. The molecular formula is C16H30N2O3Si. The molecule has 0 saturated carbocycles. The molecule has 0 amide bonds. The van der Waals surface area contributed by atoms with Crippen LogP contribution in [0.1, 0.15) is 50.3 Å². The quantitative estimate of drug-likeness (QED) is 0.435. The summed E-state index contributed by atoms with van der Waals surface area (Å²) in [6, 6.07) is 1.77. The zero-order valence-corrected chi connectivity index (χ0v) is 16.0. The molecule has 1 aromatic rings. The molecule has 1 heterocycles. The average Bonchev–Trinajstić information content (AvgIpc) is 2.75. The SMILES string of the molecule is CCOC(=O)c1cc(C)n(CCCO[Si](C)(C)C(C)(C)C)n1. The molecule has 5 nitrogen and oxygen atoms in total. The molecule has 0 saturated heterocycles. The van der Waals surface area contributed by atoms with Crippen LogP contribution in [0.5, 0.6) is 0 Å². The van der Waals surface area contributed by atoms with E-state index in [4.69, 9.17) is 9.16 Å². The molecule has 0 radical (unpaired) electrons. The number of esters is 1. The summed E-state index contributed by atoms with van der Waals surface area (Å²) in [4.78, 5) is 11.7. The Bertz CT molecular complexity index is 504. The normalized spacial score (nSPS) is 12.5. The minimum Gasteiger partial charge on any atom is -0.461 e. The summed E-state index contributed by atoms with van der Waals surface area (Å²) in [6.07, 6.45) is 0.886. The lowest BCUT2D eigenvalue weighted by molar-refractivity contribution is 0.0518. The molecule has 0 spiro atoms. The molecule has 0 atom stereocenters. The van der Waals surface area contributed by atoms with Gasteiger partial charge in [0.1, 0.15) is 0 Å². The summed E-state index contributed by atoms with van der Waals surface area (Å²) >= 11 is 0. The third-order valence-electron chi connectivity index (χ3n) is 4.25. The van der Waals surface area contributed by atoms with E-state index in [-0.39, 0.29) is 11.0 Å². The van der Waals surface area contributed by atoms with Gasteiger partial charge in [-0.3, -0.25) is 4.68 Å². The Hall–Kier alpha value is -1.14. The fourth-order valence-electron chi connectivity index (χ4n) is 1.80. The Labute approximate surface area is 135 Å². The molecule has 0 aromatic carbocycles. The van der Waals surface area contributed by atoms with Crippen molar-refractivity contribution in [2.24, 2.45) is 0 Å². The molecular weight excluding hydrogens is 296 g/mol. The molecule has 0 unspecified atom stereocenters. The van der Waals surface area contributed by atoms with Gasteiger partial charge >= 0.3 is 5.97 Å². The van der Waals surface area contributed by atoms with E-state index in [0.29, 0.717) is 12.3 Å². The lowest BCUT2D eigenvalue weighted by Gasteiger charge is -2.36. The first-order valence-electron chi connectivity index (χ1n) is 7.94. The number of aromatic nitrogens is 2. The number of ether oxygens (including phenoxy) is 1. The van der Waals surface area contributed by atoms with Crippen LogP contribution in [0.4, 0.5) is 0 Å². The van der Waals surface area contributed by atoms with Gasteiger partial charge < -0.3 is 9.16 Å². The number of hydrogen-bond donors (Lipinski definition) is 0. The number of carbonyl (C=O) groups is 1. The number of nitrogens with zero attached hydrogens (tertiary/aromatic N) is 2. The molecule has 1 aromatic heterocycles. The Morgan fingerprint density at radius 1 is 1.36 bits per heavy atom. The first-order valence-corrected chi connectivity index (χ1v) is 10.8. The van der Waals surface area contributed by atoms with Gasteiger partial charge in [-0.25, -0.2) is 4.79 Å². The van der Waals surface area contributed by atoms with Crippen molar-refractivity contribution < 1.29 is 14.0 Å². The van der Waals surface area contributed by atoms with Crippen LogP contribution >= 0.6 is 0 Å². The highest BCUT2D eigenvalue weighted by molar-refractivity contribution is 6.74. The Morgan fingerprint density at radius 2 is 2.00 bits per heavy atom. The van der Waals surface area contributed by atoms with Crippen LogP contribution in [0.15, 0.2) is 6.07 Å². The second-order valence-corrected chi connectivity index (χ2v) is 11.9. The van der Waals surface area contributed by atoms with E-state index in [0.717, 1.165) is 25.3 Å². The van der Waals surface area contributed by atoms with E-state index in [9.17, 15) is 4.79 Å². The van der Waals surface area contributed by atoms with Crippen LogP contribution in [-0.4, -0.2) is 37.3 Å². The van der Waals surface area contributed by atoms with Gasteiger partial charge in [-0.15, -0.1) is 0 Å². The van der Waals surface area contributed by atoms with Gasteiger partial charge in [0.15, 0.2) is 14.0 Å². The maximum absolute atomic E-state index is 11.7. The van der Waals surface area contributed by atoms with E-state index in [1.54, 1.807) is 13.0 Å². The molecule has 0 aliphatic heterocycles. The van der Waals surface area contributed by atoms with Crippen molar-refractivity contribution in [1.29, 1.82) is 0 Å². The first kappa shape index (κ1) is 18.9. The monoisotopic (exact) mass is 326 g/mol. The topological polar surface area (TPSA) is 53.4 Å². The highest BCUT2D eigenvalue weighted by Crippen LogP contribution is 2.36. The molecule has 6 heteroatoms. The van der Waals surface area contributed by atoms with Gasteiger partial charge in [-0.2, -0.15) is 5.10 Å². The van der Waals surface area contributed by atoms with Gasteiger partial charge in [0, 0.05) is 18.8 Å². The highest BCUT2D eigenvalue weighted by Gasteiger charge is 2.36. The van der Waals surface area contributed by atoms with Crippen molar-refractivity contribution in [3.63, 3.8) is 0 Å². The highest BCUT2D eigenvalue weighted by atomic mass is 28.4. The van der Waals surface area contributed by atoms with Crippen molar-refractivity contribution in [1.82, 2.24) is 9.78 Å². The van der Waals surface area contributed by atoms with E-state index in [1.165, 1.54) is 0 Å². The Kier molecular flexibility index (Phi) is 6.37. The van der Waals surface area contributed by atoms with Crippen molar-refractivity contribution in [2.75, 3.05) is 13.2 Å².